The Hall–Kier alpha value is -2.29. The van der Waals surface area contributed by atoms with Gasteiger partial charge in [0.1, 0.15) is 5.75 Å². The van der Waals surface area contributed by atoms with Crippen molar-refractivity contribution in [3.8, 4) is 5.75 Å². The van der Waals surface area contributed by atoms with Crippen LogP contribution in [-0.2, 0) is 0 Å². The summed E-state index contributed by atoms with van der Waals surface area (Å²) in [6, 6.07) is 14.9. The van der Waals surface area contributed by atoms with E-state index in [0.717, 1.165) is 23.4 Å². The van der Waals surface area contributed by atoms with Crippen molar-refractivity contribution in [1.82, 2.24) is 0 Å². The molecule has 0 spiro atoms. The largest absolute Gasteiger partial charge is 0.497 e. The number of methoxy groups -OCH3 is 1. The number of rotatable bonds is 4. The van der Waals surface area contributed by atoms with Gasteiger partial charge in [-0.2, -0.15) is 0 Å². The second-order valence-electron chi connectivity index (χ2n) is 3.56. The van der Waals surface area contributed by atoms with Gasteiger partial charge in [-0.3, -0.25) is 4.79 Å². The topological polar surface area (TPSA) is 38.3 Å². The highest BCUT2D eigenvalue weighted by Gasteiger charge is 2.01. The lowest BCUT2D eigenvalue weighted by molar-refractivity contribution is 0.112. The van der Waals surface area contributed by atoms with E-state index in [4.69, 9.17) is 4.74 Å². The Labute approximate surface area is 100 Å². The van der Waals surface area contributed by atoms with Crippen molar-refractivity contribution in [2.24, 2.45) is 0 Å². The van der Waals surface area contributed by atoms with Gasteiger partial charge >= 0.3 is 0 Å². The Bertz CT molecular complexity index is 523. The number of hydrogen-bond donors (Lipinski definition) is 1. The van der Waals surface area contributed by atoms with Crippen LogP contribution in [0.15, 0.2) is 48.5 Å². The molecule has 1 N–H and O–H groups in total. The van der Waals surface area contributed by atoms with Crippen LogP contribution in [-0.4, -0.2) is 13.4 Å². The average Bonchev–Trinajstić information content (AvgIpc) is 2.39. The molecule has 3 nitrogen and oxygen atoms in total. The minimum absolute atomic E-state index is 0.635. The SMILES string of the molecule is COc1cccc(Nc2ccccc2C=O)c1. The minimum Gasteiger partial charge on any atom is -0.497 e. The molecule has 2 rings (SSSR count). The maximum absolute atomic E-state index is 10.9. The third-order valence-corrected chi connectivity index (χ3v) is 2.44. The zero-order valence-corrected chi connectivity index (χ0v) is 9.51. The maximum Gasteiger partial charge on any atom is 0.152 e. The van der Waals surface area contributed by atoms with Crippen LogP contribution in [0.4, 0.5) is 11.4 Å². The molecule has 2 aromatic carbocycles. The van der Waals surface area contributed by atoms with Gasteiger partial charge < -0.3 is 10.1 Å². The standard InChI is InChI=1S/C14H13NO2/c1-17-13-7-4-6-12(9-13)15-14-8-3-2-5-11(14)10-16/h2-10,15H,1H3. The number of carbonyl (C=O) groups is 1. The molecule has 0 aromatic heterocycles. The molecule has 0 aliphatic heterocycles. The van der Waals surface area contributed by atoms with Gasteiger partial charge in [0.15, 0.2) is 6.29 Å². The highest BCUT2D eigenvalue weighted by molar-refractivity contribution is 5.85. The number of para-hydroxylation sites is 1. The molecule has 0 fully saturated rings. The van der Waals surface area contributed by atoms with Crippen molar-refractivity contribution in [2.45, 2.75) is 0 Å². The number of hydrogen-bond acceptors (Lipinski definition) is 3. The first-order valence-corrected chi connectivity index (χ1v) is 5.29. The first kappa shape index (κ1) is 11.2. The van der Waals surface area contributed by atoms with Crippen LogP contribution >= 0.6 is 0 Å². The third kappa shape index (κ3) is 2.64. The van der Waals surface area contributed by atoms with Gasteiger partial charge in [-0.1, -0.05) is 18.2 Å². The molecular formula is C14H13NO2. The van der Waals surface area contributed by atoms with E-state index in [1.807, 2.05) is 42.5 Å². The lowest BCUT2D eigenvalue weighted by atomic mass is 10.2. The first-order valence-electron chi connectivity index (χ1n) is 5.29. The molecule has 17 heavy (non-hydrogen) atoms. The van der Waals surface area contributed by atoms with Crippen molar-refractivity contribution in [2.75, 3.05) is 12.4 Å². The minimum atomic E-state index is 0.635. The van der Waals surface area contributed by atoms with Gasteiger partial charge in [-0.15, -0.1) is 0 Å². The summed E-state index contributed by atoms with van der Waals surface area (Å²) in [5.41, 5.74) is 2.31. The van der Waals surface area contributed by atoms with E-state index in [1.165, 1.54) is 0 Å². The van der Waals surface area contributed by atoms with Gasteiger partial charge in [-0.05, 0) is 24.3 Å². The van der Waals surface area contributed by atoms with E-state index < -0.39 is 0 Å². The van der Waals surface area contributed by atoms with E-state index in [9.17, 15) is 4.79 Å². The zero-order valence-electron chi connectivity index (χ0n) is 9.51. The number of ether oxygens (including phenoxy) is 1. The van der Waals surface area contributed by atoms with Crippen molar-refractivity contribution in [3.63, 3.8) is 0 Å². The smallest absolute Gasteiger partial charge is 0.152 e. The second kappa shape index (κ2) is 5.16. The van der Waals surface area contributed by atoms with Gasteiger partial charge in [0, 0.05) is 23.0 Å². The van der Waals surface area contributed by atoms with Crippen LogP contribution < -0.4 is 10.1 Å². The van der Waals surface area contributed by atoms with Crippen molar-refractivity contribution in [3.05, 3.63) is 54.1 Å². The van der Waals surface area contributed by atoms with E-state index in [1.54, 1.807) is 13.2 Å². The highest BCUT2D eigenvalue weighted by Crippen LogP contribution is 2.22. The van der Waals surface area contributed by atoms with Crippen LogP contribution in [0.1, 0.15) is 10.4 Å². The summed E-state index contributed by atoms with van der Waals surface area (Å²) < 4.78 is 5.14. The van der Waals surface area contributed by atoms with Crippen LogP contribution in [0.5, 0.6) is 5.75 Å². The van der Waals surface area contributed by atoms with E-state index in [-0.39, 0.29) is 0 Å². The molecule has 2 aromatic rings. The van der Waals surface area contributed by atoms with Crippen molar-refractivity contribution >= 4 is 17.7 Å². The summed E-state index contributed by atoms with van der Waals surface area (Å²) in [6.45, 7) is 0. The summed E-state index contributed by atoms with van der Waals surface area (Å²) in [5.74, 6) is 0.776. The van der Waals surface area contributed by atoms with Crippen molar-refractivity contribution in [1.29, 1.82) is 0 Å². The van der Waals surface area contributed by atoms with Crippen LogP contribution in [0.3, 0.4) is 0 Å². The van der Waals surface area contributed by atoms with E-state index >= 15 is 0 Å². The zero-order chi connectivity index (χ0) is 12.1. The summed E-state index contributed by atoms with van der Waals surface area (Å²) in [7, 11) is 1.62. The number of aldehydes is 1. The highest BCUT2D eigenvalue weighted by atomic mass is 16.5. The van der Waals surface area contributed by atoms with Crippen LogP contribution in [0, 0.1) is 0 Å². The van der Waals surface area contributed by atoms with Crippen molar-refractivity contribution < 1.29 is 9.53 Å². The molecule has 0 radical (unpaired) electrons. The fourth-order valence-electron chi connectivity index (χ4n) is 1.57. The molecule has 0 aliphatic carbocycles. The number of nitrogens with one attached hydrogen (secondary N) is 1. The monoisotopic (exact) mass is 227 g/mol. The molecule has 0 unspecified atom stereocenters. The number of benzene rings is 2. The maximum atomic E-state index is 10.9. The Morgan fingerprint density at radius 3 is 2.71 bits per heavy atom. The first-order chi connectivity index (χ1) is 8.33. The van der Waals surface area contributed by atoms with Crippen LogP contribution in [0.2, 0.25) is 0 Å². The molecule has 0 aliphatic rings. The molecule has 0 saturated carbocycles. The molecule has 86 valence electrons. The lowest BCUT2D eigenvalue weighted by Crippen LogP contribution is -1.95. The Balaban J connectivity index is 2.27. The predicted molar refractivity (Wildman–Crippen MR) is 68.1 cm³/mol. The van der Waals surface area contributed by atoms with E-state index in [0.29, 0.717) is 5.56 Å². The summed E-state index contributed by atoms with van der Waals surface area (Å²) in [5, 5.41) is 3.19. The molecule has 3 heteroatoms. The number of carbonyl (C=O) groups excluding carboxylic acids is 1. The molecule has 0 heterocycles. The van der Waals surface area contributed by atoms with Gasteiger partial charge in [0.05, 0.1) is 7.11 Å². The summed E-state index contributed by atoms with van der Waals surface area (Å²) >= 11 is 0. The molecule has 0 atom stereocenters. The summed E-state index contributed by atoms with van der Waals surface area (Å²) in [6.07, 6.45) is 0.836. The second-order valence-corrected chi connectivity index (χ2v) is 3.56. The fraction of sp³-hybridized carbons (Fsp3) is 0.0714. The average molecular weight is 227 g/mol. The Morgan fingerprint density at radius 1 is 1.12 bits per heavy atom. The van der Waals surface area contributed by atoms with Gasteiger partial charge in [-0.25, -0.2) is 0 Å². The normalized spacial score (nSPS) is 9.71. The quantitative estimate of drug-likeness (QED) is 0.815. The molecule has 0 amide bonds. The molecule has 0 saturated heterocycles. The third-order valence-electron chi connectivity index (χ3n) is 2.44. The Morgan fingerprint density at radius 2 is 1.94 bits per heavy atom. The molecule has 0 bridgehead atoms. The van der Waals surface area contributed by atoms with E-state index in [2.05, 4.69) is 5.32 Å². The van der Waals surface area contributed by atoms with Crippen LogP contribution in [0.25, 0.3) is 0 Å². The summed E-state index contributed by atoms with van der Waals surface area (Å²) in [4.78, 5) is 10.9. The van der Waals surface area contributed by atoms with Gasteiger partial charge in [0.2, 0.25) is 0 Å². The Kier molecular flexibility index (Phi) is 3.40. The molecular weight excluding hydrogens is 214 g/mol. The fourth-order valence-corrected chi connectivity index (χ4v) is 1.57. The predicted octanol–water partition coefficient (Wildman–Crippen LogP) is 3.25. The lowest BCUT2D eigenvalue weighted by Gasteiger charge is -2.09. The number of anilines is 2. The van der Waals surface area contributed by atoms with Gasteiger partial charge in [0.25, 0.3) is 0 Å².